The zero-order valence-corrected chi connectivity index (χ0v) is 12.3. The van der Waals surface area contributed by atoms with Crippen LogP contribution in [-0.4, -0.2) is 72.6 Å². The second kappa shape index (κ2) is 6.99. The number of carboxylic acid groups (broad SMARTS) is 1. The first kappa shape index (κ1) is 16.1. The van der Waals surface area contributed by atoms with E-state index in [0.29, 0.717) is 18.1 Å². The third kappa shape index (κ3) is 4.90. The van der Waals surface area contributed by atoms with Gasteiger partial charge < -0.3 is 15.3 Å². The minimum atomic E-state index is -3.13. The molecule has 0 aromatic rings. The maximum atomic E-state index is 11.8. The van der Waals surface area contributed by atoms with Gasteiger partial charge in [0.1, 0.15) is 6.04 Å². The van der Waals surface area contributed by atoms with Crippen LogP contribution in [-0.2, 0) is 14.6 Å². The van der Waals surface area contributed by atoms with Crippen molar-refractivity contribution in [3.63, 3.8) is 0 Å². The maximum absolute atomic E-state index is 11.8. The summed E-state index contributed by atoms with van der Waals surface area (Å²) < 4.78 is 22.5. The lowest BCUT2D eigenvalue weighted by Crippen LogP contribution is -2.54. The van der Waals surface area contributed by atoms with Crippen LogP contribution in [0.4, 0.5) is 4.79 Å². The number of thioether (sulfide) groups is 1. The molecule has 2 amide bonds. The summed E-state index contributed by atoms with van der Waals surface area (Å²) in [6.07, 6.45) is 0. The van der Waals surface area contributed by atoms with Crippen LogP contribution >= 0.6 is 11.8 Å². The second-order valence-corrected chi connectivity index (χ2v) is 7.71. The Morgan fingerprint density at radius 2 is 2.16 bits per heavy atom. The van der Waals surface area contributed by atoms with E-state index in [1.165, 1.54) is 16.7 Å². The summed E-state index contributed by atoms with van der Waals surface area (Å²) in [6, 6.07) is -1.36. The summed E-state index contributed by atoms with van der Waals surface area (Å²) in [7, 11) is -3.13. The van der Waals surface area contributed by atoms with Crippen LogP contribution in [0.1, 0.15) is 6.92 Å². The number of urea groups is 1. The summed E-state index contributed by atoms with van der Waals surface area (Å²) in [6.45, 7) is 1.90. The number of nitrogens with zero attached hydrogens (tertiary/aromatic N) is 1. The molecule has 1 unspecified atom stereocenters. The third-order valence-electron chi connectivity index (χ3n) is 2.80. The van der Waals surface area contributed by atoms with Crippen molar-refractivity contribution < 1.29 is 23.1 Å². The van der Waals surface area contributed by atoms with Gasteiger partial charge in [-0.1, -0.05) is 6.92 Å². The second-order valence-electron chi connectivity index (χ2n) is 4.09. The van der Waals surface area contributed by atoms with Crippen molar-refractivity contribution >= 4 is 33.6 Å². The molecule has 1 aliphatic heterocycles. The molecule has 1 rings (SSSR count). The fraction of sp³-hybridized carbons (Fsp3) is 0.800. The standard InChI is InChI=1S/C10H18N2O5S2/c1-2-19(16,17)6-3-11-10(15)12-4-5-18-7-8(12)9(13)14/h8H,2-7H2,1H3,(H,11,15)(H,13,14). The molecule has 1 atom stereocenters. The molecule has 0 saturated carbocycles. The SMILES string of the molecule is CCS(=O)(=O)CCNC(=O)N1CCSCC1C(=O)O. The lowest BCUT2D eigenvalue weighted by Gasteiger charge is -2.32. The molecule has 1 aliphatic rings. The van der Waals surface area contributed by atoms with Crippen LogP contribution in [0.5, 0.6) is 0 Å². The van der Waals surface area contributed by atoms with Gasteiger partial charge in [-0.2, -0.15) is 11.8 Å². The molecule has 0 aliphatic carbocycles. The Labute approximate surface area is 116 Å². The summed E-state index contributed by atoms with van der Waals surface area (Å²) in [4.78, 5) is 24.1. The van der Waals surface area contributed by atoms with Gasteiger partial charge in [0, 0.05) is 30.3 Å². The highest BCUT2D eigenvalue weighted by Crippen LogP contribution is 2.16. The topological polar surface area (TPSA) is 104 Å². The number of rotatable bonds is 5. The third-order valence-corrected chi connectivity index (χ3v) is 5.53. The van der Waals surface area contributed by atoms with E-state index in [9.17, 15) is 18.0 Å². The number of aliphatic carboxylic acids is 1. The molecule has 0 radical (unpaired) electrons. The van der Waals surface area contributed by atoms with Crippen molar-refractivity contribution in [1.29, 1.82) is 0 Å². The minimum Gasteiger partial charge on any atom is -0.480 e. The van der Waals surface area contributed by atoms with Gasteiger partial charge in [-0.15, -0.1) is 0 Å². The van der Waals surface area contributed by atoms with E-state index < -0.39 is 27.9 Å². The molecule has 1 fully saturated rings. The molecular weight excluding hydrogens is 292 g/mol. The molecule has 19 heavy (non-hydrogen) atoms. The van der Waals surface area contributed by atoms with E-state index >= 15 is 0 Å². The van der Waals surface area contributed by atoms with Gasteiger partial charge in [-0.3, -0.25) is 0 Å². The quantitative estimate of drug-likeness (QED) is 0.718. The highest BCUT2D eigenvalue weighted by molar-refractivity contribution is 7.99. The molecule has 2 N–H and O–H groups in total. The molecule has 7 nitrogen and oxygen atoms in total. The average molecular weight is 310 g/mol. The summed E-state index contributed by atoms with van der Waals surface area (Å²) in [5, 5.41) is 11.5. The number of carbonyl (C=O) groups excluding carboxylic acids is 1. The van der Waals surface area contributed by atoms with Crippen LogP contribution in [0.25, 0.3) is 0 Å². The van der Waals surface area contributed by atoms with E-state index in [4.69, 9.17) is 5.11 Å². The monoisotopic (exact) mass is 310 g/mol. The highest BCUT2D eigenvalue weighted by atomic mass is 32.2. The molecule has 0 bridgehead atoms. The molecule has 110 valence electrons. The van der Waals surface area contributed by atoms with E-state index in [2.05, 4.69) is 5.32 Å². The van der Waals surface area contributed by atoms with Crippen molar-refractivity contribution in [3.05, 3.63) is 0 Å². The molecule has 9 heteroatoms. The van der Waals surface area contributed by atoms with E-state index in [0.717, 1.165) is 0 Å². The average Bonchev–Trinajstić information content (AvgIpc) is 2.38. The molecule has 0 spiro atoms. The van der Waals surface area contributed by atoms with Crippen LogP contribution in [0.15, 0.2) is 0 Å². The van der Waals surface area contributed by atoms with Gasteiger partial charge in [-0.25, -0.2) is 18.0 Å². The predicted molar refractivity (Wildman–Crippen MR) is 73.2 cm³/mol. The lowest BCUT2D eigenvalue weighted by molar-refractivity contribution is -0.141. The van der Waals surface area contributed by atoms with Crippen LogP contribution < -0.4 is 5.32 Å². The van der Waals surface area contributed by atoms with Crippen LogP contribution in [0.3, 0.4) is 0 Å². The van der Waals surface area contributed by atoms with Gasteiger partial charge in [0.05, 0.1) is 5.75 Å². The molecule has 0 aromatic heterocycles. The Kier molecular flexibility index (Phi) is 5.92. The van der Waals surface area contributed by atoms with Gasteiger partial charge in [-0.05, 0) is 0 Å². The van der Waals surface area contributed by atoms with Gasteiger partial charge in [0.15, 0.2) is 9.84 Å². The normalized spacial score (nSPS) is 20.1. The number of hydrogen-bond acceptors (Lipinski definition) is 5. The van der Waals surface area contributed by atoms with Crippen LogP contribution in [0.2, 0.25) is 0 Å². The molecule has 1 heterocycles. The number of amides is 2. The largest absolute Gasteiger partial charge is 0.480 e. The maximum Gasteiger partial charge on any atom is 0.327 e. The van der Waals surface area contributed by atoms with E-state index in [-0.39, 0.29) is 18.1 Å². The molecular formula is C10H18N2O5S2. The Hall–Kier alpha value is -0.960. The Morgan fingerprint density at radius 3 is 2.74 bits per heavy atom. The zero-order valence-electron chi connectivity index (χ0n) is 10.7. The smallest absolute Gasteiger partial charge is 0.327 e. The van der Waals surface area contributed by atoms with E-state index in [1.54, 1.807) is 6.92 Å². The predicted octanol–water partition coefficient (Wildman–Crippen LogP) is -0.367. The lowest BCUT2D eigenvalue weighted by atomic mass is 10.3. The van der Waals surface area contributed by atoms with Crippen molar-refractivity contribution in [2.45, 2.75) is 13.0 Å². The zero-order chi connectivity index (χ0) is 14.5. The Morgan fingerprint density at radius 1 is 1.47 bits per heavy atom. The Bertz CT molecular complexity index is 437. The molecule has 0 aromatic carbocycles. The minimum absolute atomic E-state index is 0.00495. The molecule has 1 saturated heterocycles. The first-order chi connectivity index (χ1) is 8.87. The fourth-order valence-electron chi connectivity index (χ4n) is 1.61. The van der Waals surface area contributed by atoms with Crippen molar-refractivity contribution in [2.24, 2.45) is 0 Å². The van der Waals surface area contributed by atoms with Gasteiger partial charge in [0.25, 0.3) is 0 Å². The summed E-state index contributed by atoms with van der Waals surface area (Å²) in [5.41, 5.74) is 0. The van der Waals surface area contributed by atoms with E-state index in [1.807, 2.05) is 0 Å². The van der Waals surface area contributed by atoms with Gasteiger partial charge in [0.2, 0.25) is 0 Å². The number of carboxylic acids is 1. The van der Waals surface area contributed by atoms with Gasteiger partial charge >= 0.3 is 12.0 Å². The van der Waals surface area contributed by atoms with Crippen molar-refractivity contribution in [3.8, 4) is 0 Å². The first-order valence-corrected chi connectivity index (χ1v) is 8.90. The highest BCUT2D eigenvalue weighted by Gasteiger charge is 2.32. The summed E-state index contributed by atoms with van der Waals surface area (Å²) in [5.74, 6) is -0.0969. The number of sulfone groups is 1. The number of nitrogens with one attached hydrogen (secondary N) is 1. The number of carbonyl (C=O) groups is 2. The van der Waals surface area contributed by atoms with Crippen molar-refractivity contribution in [1.82, 2.24) is 10.2 Å². The Balaban J connectivity index is 2.50. The first-order valence-electron chi connectivity index (χ1n) is 5.93. The summed E-state index contributed by atoms with van der Waals surface area (Å²) >= 11 is 1.49. The fourth-order valence-corrected chi connectivity index (χ4v) is 3.35. The van der Waals surface area contributed by atoms with Crippen molar-refractivity contribution in [2.75, 3.05) is 36.1 Å². The van der Waals surface area contributed by atoms with Crippen LogP contribution in [0, 0.1) is 0 Å². The number of hydrogen-bond donors (Lipinski definition) is 2.